The second-order valence-corrected chi connectivity index (χ2v) is 35.3. The van der Waals surface area contributed by atoms with E-state index in [0.717, 1.165) is 141 Å². The molecule has 0 fully saturated rings. The zero-order chi connectivity index (χ0) is 84.2. The first-order valence-electron chi connectivity index (χ1n) is 44.4. The standard InChI is InChI=1S/C119H84B2N6/c1-118(2,3)83-71-110-114-111(72-83)126(116-90(79-41-13-4-14-42-79)61-39-62-91(116)80-43-15-5-16-44-80)108-77-106-98(75-102(108)120(114)100-67-35-37-69-104(100)123(110)86-53-25-10-26-54-86)119(96-65-33-31-59-94(96)95-60-32-34-66-97(95)119)99-76-103-109(78-107(99)125(106)88-57-29-12-30-58-88)127(117-92(81-45-17-6-18-46-81)63-40-64-93(117)82-47-19-7-20-48-82)113-74-89(122(84-49-21-8-22-50-84)85-51-23-9-24-52-85)73-112-115(113)121(103)101-68-36-38-70-105(101)124(112)87-55-27-11-28-56-87/h4-78H,1-3H3. The molecule has 6 nitrogen and oxygen atoms in total. The van der Waals surface area contributed by atoms with Gasteiger partial charge in [0.25, 0.3) is 13.4 Å². The second kappa shape index (κ2) is 29.1. The van der Waals surface area contributed by atoms with Gasteiger partial charge in [0.15, 0.2) is 0 Å². The molecule has 5 aliphatic heterocycles. The first-order valence-corrected chi connectivity index (χ1v) is 44.4. The maximum absolute atomic E-state index is 2.74. The molecule has 0 radical (unpaired) electrons. The molecule has 25 rings (SSSR count). The highest BCUT2D eigenvalue weighted by atomic mass is 15.2. The molecular formula is C119H84B2N6. The van der Waals surface area contributed by atoms with E-state index in [-0.39, 0.29) is 18.8 Å². The van der Waals surface area contributed by atoms with E-state index in [1.165, 1.54) is 77.4 Å². The largest absolute Gasteiger partial charge is 0.311 e. The topological polar surface area (TPSA) is 19.4 Å². The molecule has 0 amide bonds. The third kappa shape index (κ3) is 11.3. The molecule has 0 N–H and O–H groups in total. The van der Waals surface area contributed by atoms with Crippen molar-refractivity contribution in [1.29, 1.82) is 0 Å². The van der Waals surface area contributed by atoms with Gasteiger partial charge in [0.1, 0.15) is 0 Å². The van der Waals surface area contributed by atoms with Crippen LogP contribution >= 0.6 is 0 Å². The van der Waals surface area contributed by atoms with Crippen LogP contribution in [0.2, 0.25) is 0 Å². The third-order valence-electron chi connectivity index (χ3n) is 27.5. The van der Waals surface area contributed by atoms with Gasteiger partial charge < -0.3 is 29.4 Å². The fraction of sp³-hybridized carbons (Fsp3) is 0.0420. The summed E-state index contributed by atoms with van der Waals surface area (Å²) in [6, 6.07) is 173. The Morgan fingerprint density at radius 1 is 0.213 bits per heavy atom. The van der Waals surface area contributed by atoms with Crippen LogP contribution in [0.3, 0.4) is 0 Å². The number of hydrogen-bond acceptors (Lipinski definition) is 6. The van der Waals surface area contributed by atoms with E-state index in [1.807, 2.05) is 0 Å². The predicted octanol–water partition coefficient (Wildman–Crippen LogP) is 27.4. The maximum atomic E-state index is 2.74. The first kappa shape index (κ1) is 73.8. The molecule has 0 saturated carbocycles. The van der Waals surface area contributed by atoms with E-state index in [2.05, 4.69) is 505 Å². The van der Waals surface area contributed by atoms with Crippen molar-refractivity contribution < 1.29 is 0 Å². The summed E-state index contributed by atoms with van der Waals surface area (Å²) in [5, 5.41) is 0. The zero-order valence-electron chi connectivity index (χ0n) is 70.6. The van der Waals surface area contributed by atoms with Crippen molar-refractivity contribution in [3.05, 3.63) is 483 Å². The fourth-order valence-electron chi connectivity index (χ4n) is 22.2. The molecule has 6 aliphatic rings. The Kier molecular flexibility index (Phi) is 16.9. The number of fused-ring (bicyclic) bond motifs is 17. The molecular weight excluding hydrogens is 1530 g/mol. The number of para-hydroxylation sites is 9. The van der Waals surface area contributed by atoms with Crippen molar-refractivity contribution in [2.24, 2.45) is 0 Å². The average molecular weight is 1620 g/mol. The van der Waals surface area contributed by atoms with E-state index in [9.17, 15) is 0 Å². The molecule has 0 atom stereocenters. The Balaban J connectivity index is 0.869. The highest BCUT2D eigenvalue weighted by Gasteiger charge is 2.56. The average Bonchev–Trinajstić information content (AvgIpc) is 1.61. The lowest BCUT2D eigenvalue weighted by molar-refractivity contribution is 0.590. The van der Waals surface area contributed by atoms with Crippen LogP contribution < -0.4 is 62.2 Å². The normalized spacial score (nSPS) is 13.6. The minimum absolute atomic E-state index is 0.266. The summed E-state index contributed by atoms with van der Waals surface area (Å²) in [6.45, 7) is 6.56. The number of nitrogens with zero attached hydrogens (tertiary/aromatic N) is 6. The molecule has 1 spiro atoms. The van der Waals surface area contributed by atoms with Gasteiger partial charge in [-0.3, -0.25) is 0 Å². The van der Waals surface area contributed by atoms with Crippen molar-refractivity contribution in [2.45, 2.75) is 31.6 Å². The number of anilines is 18. The number of rotatable bonds is 12. The minimum atomic E-state index is -0.982. The molecule has 19 aromatic carbocycles. The summed E-state index contributed by atoms with van der Waals surface area (Å²) in [4.78, 5) is 15.8. The van der Waals surface area contributed by atoms with Crippen LogP contribution in [-0.2, 0) is 10.8 Å². The van der Waals surface area contributed by atoms with E-state index >= 15 is 0 Å². The Bertz CT molecular complexity index is 7380. The quantitative estimate of drug-likeness (QED) is 0.113. The third-order valence-corrected chi connectivity index (χ3v) is 27.5. The molecule has 0 unspecified atom stereocenters. The predicted molar refractivity (Wildman–Crippen MR) is 535 cm³/mol. The smallest absolute Gasteiger partial charge is 0.252 e. The van der Waals surface area contributed by atoms with Crippen molar-refractivity contribution in [3.63, 3.8) is 0 Å². The fourth-order valence-corrected chi connectivity index (χ4v) is 22.2. The van der Waals surface area contributed by atoms with Crippen molar-refractivity contribution in [3.8, 4) is 55.6 Å². The lowest BCUT2D eigenvalue weighted by atomic mass is 9.32. The zero-order valence-corrected chi connectivity index (χ0v) is 70.6. The van der Waals surface area contributed by atoms with Gasteiger partial charge in [-0.25, -0.2) is 0 Å². The van der Waals surface area contributed by atoms with E-state index in [4.69, 9.17) is 0 Å². The molecule has 0 aromatic heterocycles. The van der Waals surface area contributed by atoms with Gasteiger partial charge in [0, 0.05) is 96.2 Å². The second-order valence-electron chi connectivity index (χ2n) is 35.3. The highest BCUT2D eigenvalue weighted by Crippen LogP contribution is 2.66. The maximum Gasteiger partial charge on any atom is 0.252 e. The lowest BCUT2D eigenvalue weighted by Gasteiger charge is -2.50. The Labute approximate surface area is 742 Å². The van der Waals surface area contributed by atoms with Gasteiger partial charge in [0.2, 0.25) is 0 Å². The van der Waals surface area contributed by atoms with Crippen LogP contribution in [0.5, 0.6) is 0 Å². The monoisotopic (exact) mass is 1620 g/mol. The van der Waals surface area contributed by atoms with Crippen LogP contribution in [0.1, 0.15) is 48.6 Å². The van der Waals surface area contributed by atoms with Gasteiger partial charge in [-0.05, 0) is 209 Å². The molecule has 1 aliphatic carbocycles. The summed E-state index contributed by atoms with van der Waals surface area (Å²) in [7, 11) is 0. The molecule has 0 bridgehead atoms. The molecule has 127 heavy (non-hydrogen) atoms. The van der Waals surface area contributed by atoms with Gasteiger partial charge in [-0.1, -0.05) is 367 Å². The van der Waals surface area contributed by atoms with E-state index in [1.54, 1.807) is 0 Å². The minimum Gasteiger partial charge on any atom is -0.311 e. The molecule has 596 valence electrons. The SMILES string of the molecule is CC(C)(C)c1cc2c3c(c1)N(c1c(-c4ccccc4)cccc1-c1ccccc1)c1cc4c(cc1B3c1ccccc1N2c1ccccc1)C1(c2ccccc2-c2ccccc21)c1cc2c(cc1N4c1ccccc1)N(c1c(-c3ccccc3)cccc1-c1ccccc1)c1cc(N(c3ccccc3)c3ccccc3)cc3c1B2c1ccccc1N3c1ccccc1. The summed E-state index contributed by atoms with van der Waals surface area (Å²) >= 11 is 0. The van der Waals surface area contributed by atoms with Gasteiger partial charge in [0.05, 0.1) is 33.9 Å². The molecule has 0 saturated heterocycles. The van der Waals surface area contributed by atoms with Crippen molar-refractivity contribution in [1.82, 2.24) is 0 Å². The molecule has 5 heterocycles. The molecule has 8 heteroatoms. The highest BCUT2D eigenvalue weighted by molar-refractivity contribution is 7.01. The van der Waals surface area contributed by atoms with Crippen LogP contribution in [-0.4, -0.2) is 13.4 Å². The van der Waals surface area contributed by atoms with Crippen LogP contribution in [0.15, 0.2) is 455 Å². The van der Waals surface area contributed by atoms with Crippen LogP contribution in [0.25, 0.3) is 55.6 Å². The summed E-state index contributed by atoms with van der Waals surface area (Å²) in [5.41, 5.74) is 43.3. The number of hydrogen-bond donors (Lipinski definition) is 0. The molecule has 19 aromatic rings. The van der Waals surface area contributed by atoms with Crippen LogP contribution in [0, 0.1) is 0 Å². The summed E-state index contributed by atoms with van der Waals surface area (Å²) in [5.74, 6) is 0. The summed E-state index contributed by atoms with van der Waals surface area (Å²) in [6.07, 6.45) is 0. The first-order chi connectivity index (χ1) is 62.7. The van der Waals surface area contributed by atoms with Crippen molar-refractivity contribution >= 4 is 149 Å². The number of benzene rings is 19. The van der Waals surface area contributed by atoms with E-state index < -0.39 is 5.41 Å². The van der Waals surface area contributed by atoms with E-state index in [0.29, 0.717) is 0 Å². The van der Waals surface area contributed by atoms with Crippen LogP contribution in [0.4, 0.5) is 102 Å². The Morgan fingerprint density at radius 2 is 0.504 bits per heavy atom. The van der Waals surface area contributed by atoms with Gasteiger partial charge >= 0.3 is 0 Å². The summed E-state index contributed by atoms with van der Waals surface area (Å²) < 4.78 is 0. The van der Waals surface area contributed by atoms with Gasteiger partial charge in [-0.15, -0.1) is 0 Å². The lowest BCUT2D eigenvalue weighted by Crippen LogP contribution is -2.62. The Morgan fingerprint density at radius 3 is 0.874 bits per heavy atom. The van der Waals surface area contributed by atoms with Gasteiger partial charge in [-0.2, -0.15) is 0 Å². The van der Waals surface area contributed by atoms with Crippen molar-refractivity contribution in [2.75, 3.05) is 29.4 Å². The Hall–Kier alpha value is -15.9.